The molecule has 1 amide bonds. The molecule has 0 N–H and O–H groups in total. The van der Waals surface area contributed by atoms with Gasteiger partial charge in [-0.2, -0.15) is 0 Å². The molecule has 5 nitrogen and oxygen atoms in total. The Kier molecular flexibility index (Phi) is 6.87. The fourth-order valence-electron chi connectivity index (χ4n) is 3.08. The predicted octanol–water partition coefficient (Wildman–Crippen LogP) is 5.39. The molecule has 0 radical (unpaired) electrons. The van der Waals surface area contributed by atoms with Crippen molar-refractivity contribution >= 4 is 34.6 Å². The van der Waals surface area contributed by atoms with Gasteiger partial charge in [0, 0.05) is 5.75 Å². The Morgan fingerprint density at radius 3 is 2.34 bits per heavy atom. The zero-order chi connectivity index (χ0) is 22.3. The molecule has 4 rings (SSSR count). The average molecular weight is 449 g/mol. The minimum atomic E-state index is -0.362. The van der Waals surface area contributed by atoms with E-state index < -0.39 is 0 Å². The van der Waals surface area contributed by atoms with Gasteiger partial charge in [-0.05, 0) is 60.2 Å². The van der Waals surface area contributed by atoms with E-state index in [9.17, 15) is 9.18 Å². The number of anilines is 1. The second kappa shape index (κ2) is 10.2. The van der Waals surface area contributed by atoms with E-state index in [1.807, 2.05) is 54.6 Å². The number of thioether (sulfide) groups is 1. The number of amides is 1. The molecule has 1 heterocycles. The molecule has 1 aliphatic rings. The normalized spacial score (nSPS) is 14.6. The molecular formula is C25H21FN2O3S. The van der Waals surface area contributed by atoms with Crippen molar-refractivity contribution in [3.05, 3.63) is 95.9 Å². The zero-order valence-corrected chi connectivity index (χ0v) is 18.2. The van der Waals surface area contributed by atoms with Crippen molar-refractivity contribution in [2.75, 3.05) is 24.4 Å². The Hall–Kier alpha value is -3.58. The lowest BCUT2D eigenvalue weighted by Gasteiger charge is -2.17. The fraction of sp³-hybridized carbons (Fsp3) is 0.120. The molecule has 162 valence electrons. The summed E-state index contributed by atoms with van der Waals surface area (Å²) in [7, 11) is 1.61. The second-order valence-electron chi connectivity index (χ2n) is 6.82. The van der Waals surface area contributed by atoms with Gasteiger partial charge in [0.1, 0.15) is 23.0 Å². The maximum Gasteiger partial charge on any atom is 0.283 e. The summed E-state index contributed by atoms with van der Waals surface area (Å²) in [5.74, 6) is 1.46. The van der Waals surface area contributed by atoms with Crippen molar-refractivity contribution in [2.45, 2.75) is 0 Å². The van der Waals surface area contributed by atoms with E-state index in [-0.39, 0.29) is 11.7 Å². The van der Waals surface area contributed by atoms with Gasteiger partial charge in [0.2, 0.25) is 0 Å². The number of methoxy groups -OCH3 is 1. The lowest BCUT2D eigenvalue weighted by Crippen LogP contribution is -2.30. The molecule has 3 aromatic rings. The highest BCUT2D eigenvalue weighted by molar-refractivity contribution is 8.14. The molecule has 0 aliphatic carbocycles. The Morgan fingerprint density at radius 2 is 1.66 bits per heavy atom. The van der Waals surface area contributed by atoms with E-state index in [2.05, 4.69) is 4.99 Å². The molecule has 0 saturated heterocycles. The number of carbonyl (C=O) groups is 1. The first kappa shape index (κ1) is 21.6. The summed E-state index contributed by atoms with van der Waals surface area (Å²) in [6.45, 7) is 0.430. The van der Waals surface area contributed by atoms with Gasteiger partial charge in [0.05, 0.1) is 19.4 Å². The highest BCUT2D eigenvalue weighted by Gasteiger charge is 2.31. The minimum Gasteiger partial charge on any atom is -0.497 e. The second-order valence-corrected chi connectivity index (χ2v) is 7.89. The summed E-state index contributed by atoms with van der Waals surface area (Å²) in [6, 6.07) is 22.7. The fourth-order valence-corrected chi connectivity index (χ4v) is 3.91. The molecule has 7 heteroatoms. The van der Waals surface area contributed by atoms with Crippen LogP contribution in [-0.2, 0) is 4.79 Å². The van der Waals surface area contributed by atoms with Crippen LogP contribution in [0.3, 0.4) is 0 Å². The van der Waals surface area contributed by atoms with Crippen LogP contribution in [0.15, 0.2) is 89.6 Å². The molecule has 3 aromatic carbocycles. The SMILES string of the molecule is COc1ccc(OCCSC2=NC(=Cc3ccccc3)C(=O)N2c2ccc(F)cc2)cc1. The van der Waals surface area contributed by atoms with Crippen molar-refractivity contribution in [1.29, 1.82) is 0 Å². The van der Waals surface area contributed by atoms with Crippen molar-refractivity contribution < 1.29 is 18.7 Å². The molecule has 0 unspecified atom stereocenters. The van der Waals surface area contributed by atoms with Gasteiger partial charge in [-0.3, -0.25) is 9.69 Å². The summed E-state index contributed by atoms with van der Waals surface area (Å²) < 4.78 is 24.3. The number of halogens is 1. The topological polar surface area (TPSA) is 51.1 Å². The number of carbonyl (C=O) groups excluding carboxylic acids is 1. The molecule has 0 atom stereocenters. The monoisotopic (exact) mass is 448 g/mol. The quantitative estimate of drug-likeness (QED) is 0.359. The zero-order valence-electron chi connectivity index (χ0n) is 17.4. The van der Waals surface area contributed by atoms with Gasteiger partial charge in [-0.25, -0.2) is 9.38 Å². The first-order valence-corrected chi connectivity index (χ1v) is 11.0. The van der Waals surface area contributed by atoms with Crippen molar-refractivity contribution in [1.82, 2.24) is 0 Å². The predicted molar refractivity (Wildman–Crippen MR) is 127 cm³/mol. The average Bonchev–Trinajstić information content (AvgIpc) is 3.13. The molecule has 32 heavy (non-hydrogen) atoms. The van der Waals surface area contributed by atoms with Crippen LogP contribution in [0, 0.1) is 5.82 Å². The number of rotatable bonds is 7. The highest BCUT2D eigenvalue weighted by Crippen LogP contribution is 2.29. The van der Waals surface area contributed by atoms with Crippen LogP contribution < -0.4 is 14.4 Å². The van der Waals surface area contributed by atoms with Crippen molar-refractivity contribution in [3.63, 3.8) is 0 Å². The Bertz CT molecular complexity index is 1130. The van der Waals surface area contributed by atoms with E-state index in [0.717, 1.165) is 17.1 Å². The summed E-state index contributed by atoms with van der Waals surface area (Å²) in [4.78, 5) is 19.2. The molecule has 0 bridgehead atoms. The van der Waals surface area contributed by atoms with Crippen LogP contribution in [0.5, 0.6) is 11.5 Å². The first-order chi connectivity index (χ1) is 15.6. The van der Waals surface area contributed by atoms with Gasteiger partial charge >= 0.3 is 0 Å². The lowest BCUT2D eigenvalue weighted by atomic mass is 10.2. The standard InChI is InChI=1S/C25H21FN2O3S/c1-30-21-11-13-22(14-12-21)31-15-16-32-25-27-23(17-18-5-3-2-4-6-18)24(29)28(25)20-9-7-19(26)8-10-20/h2-14,17H,15-16H2,1H3. The Morgan fingerprint density at radius 1 is 0.969 bits per heavy atom. The molecule has 0 aromatic heterocycles. The van der Waals surface area contributed by atoms with Crippen LogP contribution in [0.1, 0.15) is 5.56 Å². The van der Waals surface area contributed by atoms with Crippen LogP contribution in [0.4, 0.5) is 10.1 Å². The summed E-state index contributed by atoms with van der Waals surface area (Å²) in [5, 5.41) is 0.530. The Balaban J connectivity index is 1.48. The van der Waals surface area contributed by atoms with Crippen molar-refractivity contribution in [3.8, 4) is 11.5 Å². The van der Waals surface area contributed by atoms with E-state index in [0.29, 0.717) is 28.9 Å². The summed E-state index contributed by atoms with van der Waals surface area (Å²) in [6.07, 6.45) is 1.75. The van der Waals surface area contributed by atoms with Gasteiger partial charge in [0.25, 0.3) is 5.91 Å². The number of benzene rings is 3. The van der Waals surface area contributed by atoms with Gasteiger partial charge in [0.15, 0.2) is 5.17 Å². The summed E-state index contributed by atoms with van der Waals surface area (Å²) >= 11 is 1.41. The maximum absolute atomic E-state index is 13.4. The third-order valence-corrected chi connectivity index (χ3v) is 5.56. The molecule has 0 fully saturated rings. The first-order valence-electron chi connectivity index (χ1n) is 9.99. The maximum atomic E-state index is 13.4. The smallest absolute Gasteiger partial charge is 0.283 e. The minimum absolute atomic E-state index is 0.251. The van der Waals surface area contributed by atoms with Gasteiger partial charge in [-0.15, -0.1) is 0 Å². The number of ether oxygens (including phenoxy) is 2. The van der Waals surface area contributed by atoms with Crippen LogP contribution in [0.25, 0.3) is 6.08 Å². The van der Waals surface area contributed by atoms with Crippen molar-refractivity contribution in [2.24, 2.45) is 4.99 Å². The van der Waals surface area contributed by atoms with E-state index in [4.69, 9.17) is 9.47 Å². The van der Waals surface area contributed by atoms with Crippen LogP contribution in [-0.4, -0.2) is 30.5 Å². The van der Waals surface area contributed by atoms with E-state index >= 15 is 0 Å². The number of aliphatic imine (C=N–C) groups is 1. The third-order valence-electron chi connectivity index (χ3n) is 4.66. The molecular weight excluding hydrogens is 427 g/mol. The Labute approximate surface area is 190 Å². The number of hydrogen-bond acceptors (Lipinski definition) is 5. The number of nitrogens with zero attached hydrogens (tertiary/aromatic N) is 2. The van der Waals surface area contributed by atoms with Crippen LogP contribution in [0.2, 0.25) is 0 Å². The highest BCUT2D eigenvalue weighted by atomic mass is 32.2. The number of hydrogen-bond donors (Lipinski definition) is 0. The van der Waals surface area contributed by atoms with E-state index in [1.54, 1.807) is 25.3 Å². The summed E-state index contributed by atoms with van der Waals surface area (Å²) in [5.41, 5.74) is 1.78. The van der Waals surface area contributed by atoms with Gasteiger partial charge in [-0.1, -0.05) is 42.1 Å². The van der Waals surface area contributed by atoms with Gasteiger partial charge < -0.3 is 9.47 Å². The lowest BCUT2D eigenvalue weighted by molar-refractivity contribution is -0.113. The van der Waals surface area contributed by atoms with Crippen LogP contribution >= 0.6 is 11.8 Å². The largest absolute Gasteiger partial charge is 0.497 e. The molecule has 1 aliphatic heterocycles. The molecule has 0 saturated carbocycles. The third kappa shape index (κ3) is 5.18. The van der Waals surface area contributed by atoms with E-state index in [1.165, 1.54) is 28.8 Å². The number of amidine groups is 1. The molecule has 0 spiro atoms.